The van der Waals surface area contributed by atoms with Crippen LogP contribution in [0.15, 0.2) is 127 Å². The molecule has 6 aromatic carbocycles. The number of nitrogens with zero attached hydrogens (tertiary/aromatic N) is 5. The first-order chi connectivity index (χ1) is 22.1. The summed E-state index contributed by atoms with van der Waals surface area (Å²) in [6, 6.07) is 51.8. The van der Waals surface area contributed by atoms with Crippen molar-refractivity contribution in [1.82, 2.24) is 23.7 Å². The second-order valence-corrected chi connectivity index (χ2v) is 11.5. The normalized spacial score (nSPS) is 11.5. The van der Waals surface area contributed by atoms with Gasteiger partial charge in [0.25, 0.3) is 0 Å². The third kappa shape index (κ3) is 4.34. The van der Waals surface area contributed by atoms with Gasteiger partial charge in [0.15, 0.2) is 0 Å². The van der Waals surface area contributed by atoms with Crippen molar-refractivity contribution in [2.24, 2.45) is 14.1 Å². The van der Waals surface area contributed by atoms with Crippen molar-refractivity contribution in [1.29, 1.82) is 0 Å². The Morgan fingerprint density at radius 1 is 0.500 bits per heavy atom. The fraction of sp³-hybridized carbons (Fsp3) is 0.0500. The number of hydrogen-bond donors (Lipinski definition) is 0. The number of aryl methyl sites for hydroxylation is 2. The van der Waals surface area contributed by atoms with E-state index in [-0.39, 0.29) is 21.1 Å². The largest absolute Gasteiger partial charge is 2.00 e. The molecule has 0 atom stereocenters. The zero-order chi connectivity index (χ0) is 30.1. The van der Waals surface area contributed by atoms with E-state index in [9.17, 15) is 0 Å². The fourth-order valence-electron chi connectivity index (χ4n) is 6.62. The summed E-state index contributed by atoms with van der Waals surface area (Å²) in [4.78, 5) is 10.0. The van der Waals surface area contributed by atoms with E-state index in [1.807, 2.05) is 18.2 Å². The van der Waals surface area contributed by atoms with Crippen LogP contribution in [0.5, 0.6) is 0 Å². The summed E-state index contributed by atoms with van der Waals surface area (Å²) in [7, 11) is 4.15. The third-order valence-electron chi connectivity index (χ3n) is 8.86. The average molecular weight is 773 g/mol. The first-order valence-corrected chi connectivity index (χ1v) is 15.1. The molecule has 3 heterocycles. The van der Waals surface area contributed by atoms with E-state index in [0.717, 1.165) is 66.9 Å². The Morgan fingerprint density at radius 2 is 1.17 bits per heavy atom. The van der Waals surface area contributed by atoms with Crippen LogP contribution < -0.4 is 0 Å². The van der Waals surface area contributed by atoms with Crippen molar-refractivity contribution in [3.63, 3.8) is 0 Å². The van der Waals surface area contributed by atoms with Crippen molar-refractivity contribution in [2.75, 3.05) is 0 Å². The maximum absolute atomic E-state index is 5.07. The van der Waals surface area contributed by atoms with E-state index in [0.29, 0.717) is 0 Å². The van der Waals surface area contributed by atoms with Gasteiger partial charge in [0, 0.05) is 19.6 Å². The molecule has 0 saturated carbocycles. The Balaban J connectivity index is 0.00000312. The number of imidazole rings is 2. The minimum atomic E-state index is 0. The van der Waals surface area contributed by atoms with Crippen LogP contribution in [0.1, 0.15) is 0 Å². The summed E-state index contributed by atoms with van der Waals surface area (Å²) in [5.74, 6) is 1.77. The molecule has 0 saturated heterocycles. The first kappa shape index (κ1) is 28.2. The van der Waals surface area contributed by atoms with Gasteiger partial charge < -0.3 is 13.7 Å². The molecule has 0 aliphatic heterocycles. The summed E-state index contributed by atoms with van der Waals surface area (Å²) in [6.45, 7) is 0. The molecule has 0 amide bonds. The number of aromatic nitrogens is 5. The number of rotatable bonds is 4. The van der Waals surface area contributed by atoms with Gasteiger partial charge in [0.1, 0.15) is 0 Å². The molecule has 6 heteroatoms. The van der Waals surface area contributed by atoms with E-state index >= 15 is 0 Å². The molecule has 0 N–H and O–H groups in total. The van der Waals surface area contributed by atoms with Crippen molar-refractivity contribution < 1.29 is 21.1 Å². The summed E-state index contributed by atoms with van der Waals surface area (Å²) < 4.78 is 6.57. The van der Waals surface area contributed by atoms with Crippen LogP contribution in [0.3, 0.4) is 0 Å². The molecule has 46 heavy (non-hydrogen) atoms. The molecule has 0 fully saturated rings. The molecule has 5 nitrogen and oxygen atoms in total. The molecule has 9 aromatic rings. The quantitative estimate of drug-likeness (QED) is 0.168. The first-order valence-electron chi connectivity index (χ1n) is 15.1. The molecule has 0 spiro atoms. The zero-order valence-corrected chi connectivity index (χ0v) is 27.4. The van der Waals surface area contributed by atoms with E-state index in [1.54, 1.807) is 0 Å². The van der Waals surface area contributed by atoms with Crippen molar-refractivity contribution in [3.8, 4) is 39.6 Å². The van der Waals surface area contributed by atoms with Crippen LogP contribution in [-0.4, -0.2) is 23.7 Å². The standard InChI is InChI=1S/C40H27N5.Pt/c1-43-36-18-9-7-16-33(36)41-39(43)28-13-10-14-30(23-28)45-35-17-8-6-15-31(35)32-21-19-29(25-37(32)45)40-42-34-22-20-27(24-38(34)44(40)2)26-11-4-3-5-12-26;/h3-22,24H,1-2H3;/q-2;+2. The van der Waals surface area contributed by atoms with Gasteiger partial charge in [0.05, 0.1) is 33.7 Å². The van der Waals surface area contributed by atoms with Gasteiger partial charge in [-0.25, -0.2) is 0 Å². The van der Waals surface area contributed by atoms with Gasteiger partial charge in [0.2, 0.25) is 0 Å². The molecule has 0 aliphatic carbocycles. The maximum atomic E-state index is 5.07. The average Bonchev–Trinajstić information content (AvgIpc) is 3.73. The predicted molar refractivity (Wildman–Crippen MR) is 183 cm³/mol. The predicted octanol–water partition coefficient (Wildman–Crippen LogP) is 9.16. The molecule has 3 aromatic heterocycles. The summed E-state index contributed by atoms with van der Waals surface area (Å²) >= 11 is 0. The summed E-state index contributed by atoms with van der Waals surface area (Å²) in [5.41, 5.74) is 11.4. The molecular formula is C40H27N5Pt. The summed E-state index contributed by atoms with van der Waals surface area (Å²) in [6.07, 6.45) is 0. The van der Waals surface area contributed by atoms with Gasteiger partial charge in [-0.1, -0.05) is 72.1 Å². The van der Waals surface area contributed by atoms with Crippen molar-refractivity contribution in [2.45, 2.75) is 0 Å². The van der Waals surface area contributed by atoms with E-state index in [4.69, 9.17) is 9.97 Å². The Labute approximate surface area is 280 Å². The Bertz CT molecular complexity index is 2570. The van der Waals surface area contributed by atoms with E-state index < -0.39 is 0 Å². The van der Waals surface area contributed by atoms with Crippen LogP contribution in [0.25, 0.3) is 83.5 Å². The second-order valence-electron chi connectivity index (χ2n) is 11.5. The monoisotopic (exact) mass is 772 g/mol. The summed E-state index contributed by atoms with van der Waals surface area (Å²) in [5, 5.41) is 2.32. The van der Waals surface area contributed by atoms with Gasteiger partial charge in [-0.15, -0.1) is 53.6 Å². The molecule has 222 valence electrons. The molecule has 0 bridgehead atoms. The van der Waals surface area contributed by atoms with E-state index in [1.165, 1.54) is 16.5 Å². The van der Waals surface area contributed by atoms with Crippen LogP contribution in [-0.2, 0) is 35.2 Å². The number of fused-ring (bicyclic) bond motifs is 5. The number of para-hydroxylation sites is 3. The van der Waals surface area contributed by atoms with Gasteiger partial charge in [-0.3, -0.25) is 9.97 Å². The van der Waals surface area contributed by atoms with Gasteiger partial charge in [-0.2, -0.15) is 0 Å². The van der Waals surface area contributed by atoms with E-state index in [2.05, 4.69) is 149 Å². The molecule has 0 unspecified atom stereocenters. The Hall–Kier alpha value is -5.25. The minimum absolute atomic E-state index is 0. The van der Waals surface area contributed by atoms with Crippen LogP contribution in [0, 0.1) is 12.1 Å². The van der Waals surface area contributed by atoms with Crippen LogP contribution >= 0.6 is 0 Å². The maximum Gasteiger partial charge on any atom is 2.00 e. The minimum Gasteiger partial charge on any atom is -0.367 e. The second kappa shape index (κ2) is 11.0. The third-order valence-corrected chi connectivity index (χ3v) is 8.86. The molecular weight excluding hydrogens is 746 g/mol. The Kier molecular flexibility index (Phi) is 6.74. The zero-order valence-electron chi connectivity index (χ0n) is 25.2. The number of hydrogen-bond acceptors (Lipinski definition) is 2. The SMILES string of the molecule is Cn1c(-c2[c-]c(-n3c4[c-]c(-c5nc6ccc(-c7ccccc7)cc6n5C)ccc4c4ccccc43)ccc2)nc2ccccc21.[Pt+2]. The van der Waals surface area contributed by atoms with Crippen LogP contribution in [0.4, 0.5) is 0 Å². The van der Waals surface area contributed by atoms with Crippen molar-refractivity contribution >= 4 is 43.9 Å². The molecule has 0 radical (unpaired) electrons. The number of benzene rings is 6. The van der Waals surface area contributed by atoms with Crippen LogP contribution in [0.2, 0.25) is 0 Å². The topological polar surface area (TPSA) is 40.6 Å². The smallest absolute Gasteiger partial charge is 0.367 e. The molecule has 0 aliphatic rings. The fourth-order valence-corrected chi connectivity index (χ4v) is 6.62. The van der Waals surface area contributed by atoms with Gasteiger partial charge >= 0.3 is 21.1 Å². The van der Waals surface area contributed by atoms with Crippen molar-refractivity contribution in [3.05, 3.63) is 140 Å². The molecule has 9 rings (SSSR count). The van der Waals surface area contributed by atoms with Gasteiger partial charge in [-0.05, 0) is 58.0 Å². The Morgan fingerprint density at radius 3 is 1.98 bits per heavy atom.